The summed E-state index contributed by atoms with van der Waals surface area (Å²) in [6, 6.07) is 5.79. The number of fused-ring (bicyclic) bond motifs is 2. The Kier molecular flexibility index (Phi) is 4.06. The summed E-state index contributed by atoms with van der Waals surface area (Å²) in [5, 5.41) is 8.96. The Morgan fingerprint density at radius 1 is 1.40 bits per heavy atom. The van der Waals surface area contributed by atoms with Crippen molar-refractivity contribution in [3.8, 4) is 6.07 Å². The second-order valence-electron chi connectivity index (χ2n) is 7.67. The molecule has 0 aromatic carbocycles. The lowest BCUT2D eigenvalue weighted by Crippen LogP contribution is -2.54. The van der Waals surface area contributed by atoms with Gasteiger partial charge in [0.25, 0.3) is 5.91 Å². The number of pyridine rings is 1. The molecule has 132 valence electrons. The van der Waals surface area contributed by atoms with Crippen LogP contribution in [0.4, 0.5) is 0 Å². The second kappa shape index (κ2) is 5.83. The number of hydrogen-bond acceptors (Lipinski definition) is 5. The molecule has 2 unspecified atom stereocenters. The molecule has 6 nitrogen and oxygen atoms in total. The van der Waals surface area contributed by atoms with Gasteiger partial charge in [-0.3, -0.25) is 14.6 Å². The van der Waals surface area contributed by atoms with E-state index in [4.69, 9.17) is 10.00 Å². The van der Waals surface area contributed by atoms with Crippen LogP contribution < -0.4 is 0 Å². The van der Waals surface area contributed by atoms with Crippen molar-refractivity contribution in [2.75, 3.05) is 6.54 Å². The van der Waals surface area contributed by atoms with Gasteiger partial charge in [-0.15, -0.1) is 0 Å². The Morgan fingerprint density at radius 3 is 2.68 bits per heavy atom. The predicted octanol–water partition coefficient (Wildman–Crippen LogP) is 2.45. The molecule has 2 aliphatic rings. The SMILES string of the molecule is CC12CCC(C(=O)N(CCC#N)Cc3cccnc3)(OC1=O)C2(C)C. The van der Waals surface area contributed by atoms with Crippen LogP contribution in [0.2, 0.25) is 0 Å². The average molecular weight is 341 g/mol. The molecule has 2 bridgehead atoms. The van der Waals surface area contributed by atoms with E-state index in [1.54, 1.807) is 17.3 Å². The van der Waals surface area contributed by atoms with Crippen LogP contribution in [-0.4, -0.2) is 33.9 Å². The number of nitrogens with zero attached hydrogens (tertiary/aromatic N) is 3. The Hall–Kier alpha value is -2.42. The quantitative estimate of drug-likeness (QED) is 0.768. The van der Waals surface area contributed by atoms with E-state index >= 15 is 0 Å². The Morgan fingerprint density at radius 2 is 2.16 bits per heavy atom. The molecule has 0 radical (unpaired) electrons. The number of esters is 1. The van der Waals surface area contributed by atoms with Crippen molar-refractivity contribution in [2.45, 2.75) is 52.2 Å². The molecule has 1 aliphatic carbocycles. The highest BCUT2D eigenvalue weighted by atomic mass is 16.6. The van der Waals surface area contributed by atoms with E-state index in [-0.39, 0.29) is 18.3 Å². The van der Waals surface area contributed by atoms with Crippen molar-refractivity contribution in [3.63, 3.8) is 0 Å². The number of rotatable bonds is 5. The molecule has 1 aromatic heterocycles. The lowest BCUT2D eigenvalue weighted by atomic mass is 9.66. The third-order valence-electron chi connectivity index (χ3n) is 6.31. The minimum absolute atomic E-state index is 0.203. The predicted molar refractivity (Wildman–Crippen MR) is 89.8 cm³/mol. The van der Waals surface area contributed by atoms with Gasteiger partial charge in [-0.1, -0.05) is 19.9 Å². The van der Waals surface area contributed by atoms with Crippen LogP contribution in [0, 0.1) is 22.2 Å². The smallest absolute Gasteiger partial charge is 0.313 e. The average Bonchev–Trinajstić information content (AvgIpc) is 2.89. The second-order valence-corrected chi connectivity index (χ2v) is 7.67. The highest BCUT2D eigenvalue weighted by molar-refractivity contribution is 5.96. The van der Waals surface area contributed by atoms with Gasteiger partial charge >= 0.3 is 5.97 Å². The van der Waals surface area contributed by atoms with E-state index in [9.17, 15) is 9.59 Å². The van der Waals surface area contributed by atoms with E-state index in [0.29, 0.717) is 25.9 Å². The Bertz CT molecular complexity index is 740. The normalized spacial score (nSPS) is 29.1. The van der Waals surface area contributed by atoms with Gasteiger partial charge in [0.1, 0.15) is 0 Å². The van der Waals surface area contributed by atoms with Gasteiger partial charge in [-0.25, -0.2) is 0 Å². The summed E-state index contributed by atoms with van der Waals surface area (Å²) in [6.07, 6.45) is 4.78. The maximum atomic E-state index is 13.5. The Labute approximate surface area is 147 Å². The standard InChI is InChI=1S/C19H23N3O3/c1-17(2)18(3)7-8-19(17,25-16(18)24)15(23)22(11-5-9-20)13-14-6-4-10-21-12-14/h4,6,10,12H,5,7-8,11,13H2,1-3H3. The molecule has 1 aliphatic heterocycles. The maximum Gasteiger partial charge on any atom is 0.313 e. The first-order chi connectivity index (χ1) is 11.8. The third kappa shape index (κ3) is 2.33. The number of nitriles is 1. The van der Waals surface area contributed by atoms with Gasteiger partial charge < -0.3 is 9.64 Å². The van der Waals surface area contributed by atoms with E-state index in [1.807, 2.05) is 32.9 Å². The van der Waals surface area contributed by atoms with Crippen LogP contribution in [0.1, 0.15) is 45.6 Å². The number of carbonyl (C=O) groups is 2. The van der Waals surface area contributed by atoms with Crippen LogP contribution in [0.25, 0.3) is 0 Å². The van der Waals surface area contributed by atoms with Gasteiger partial charge in [0.2, 0.25) is 0 Å². The monoisotopic (exact) mass is 341 g/mol. The molecule has 25 heavy (non-hydrogen) atoms. The highest BCUT2D eigenvalue weighted by Gasteiger charge is 2.76. The van der Waals surface area contributed by atoms with Gasteiger partial charge in [-0.05, 0) is 31.4 Å². The molecular formula is C19H23N3O3. The van der Waals surface area contributed by atoms with E-state index < -0.39 is 16.4 Å². The summed E-state index contributed by atoms with van der Waals surface area (Å²) in [7, 11) is 0. The van der Waals surface area contributed by atoms with Gasteiger partial charge in [0.15, 0.2) is 5.60 Å². The fourth-order valence-corrected chi connectivity index (χ4v) is 4.13. The number of ether oxygens (including phenoxy) is 1. The molecule has 1 aromatic rings. The third-order valence-corrected chi connectivity index (χ3v) is 6.31. The van der Waals surface area contributed by atoms with Crippen molar-refractivity contribution in [1.82, 2.24) is 9.88 Å². The summed E-state index contributed by atoms with van der Waals surface area (Å²) >= 11 is 0. The van der Waals surface area contributed by atoms with E-state index in [1.165, 1.54) is 0 Å². The molecule has 2 heterocycles. The molecule has 1 saturated carbocycles. The fraction of sp³-hybridized carbons (Fsp3) is 0.579. The van der Waals surface area contributed by atoms with Crippen molar-refractivity contribution in [2.24, 2.45) is 10.8 Å². The fourth-order valence-electron chi connectivity index (χ4n) is 4.13. The molecule has 1 saturated heterocycles. The molecule has 0 spiro atoms. The van der Waals surface area contributed by atoms with Crippen LogP contribution in [-0.2, 0) is 20.9 Å². The summed E-state index contributed by atoms with van der Waals surface area (Å²) in [4.78, 5) is 31.6. The molecule has 2 fully saturated rings. The first-order valence-corrected chi connectivity index (χ1v) is 8.57. The molecule has 2 atom stereocenters. The molecular weight excluding hydrogens is 318 g/mol. The van der Waals surface area contributed by atoms with Gasteiger partial charge in [-0.2, -0.15) is 5.26 Å². The van der Waals surface area contributed by atoms with Gasteiger partial charge in [0, 0.05) is 30.9 Å². The molecule has 6 heteroatoms. The van der Waals surface area contributed by atoms with Crippen molar-refractivity contribution in [1.29, 1.82) is 5.26 Å². The maximum absolute atomic E-state index is 13.5. The summed E-state index contributed by atoms with van der Waals surface area (Å²) in [5.74, 6) is -0.495. The van der Waals surface area contributed by atoms with Crippen LogP contribution in [0.5, 0.6) is 0 Å². The minimum Gasteiger partial charge on any atom is -0.448 e. The topological polar surface area (TPSA) is 83.3 Å². The minimum atomic E-state index is -1.14. The molecule has 1 amide bonds. The zero-order valence-corrected chi connectivity index (χ0v) is 14.9. The number of aromatic nitrogens is 1. The van der Waals surface area contributed by atoms with E-state index in [0.717, 1.165) is 5.56 Å². The van der Waals surface area contributed by atoms with Crippen molar-refractivity contribution < 1.29 is 14.3 Å². The Balaban J connectivity index is 1.92. The first-order valence-electron chi connectivity index (χ1n) is 8.57. The summed E-state index contributed by atoms with van der Waals surface area (Å²) < 4.78 is 5.70. The number of carbonyl (C=O) groups excluding carboxylic acids is 2. The van der Waals surface area contributed by atoms with Crippen LogP contribution >= 0.6 is 0 Å². The van der Waals surface area contributed by atoms with Crippen molar-refractivity contribution in [3.05, 3.63) is 30.1 Å². The largest absolute Gasteiger partial charge is 0.448 e. The lowest BCUT2D eigenvalue weighted by Gasteiger charge is -2.39. The van der Waals surface area contributed by atoms with Crippen molar-refractivity contribution >= 4 is 11.9 Å². The molecule has 0 N–H and O–H groups in total. The molecule has 3 rings (SSSR count). The number of hydrogen-bond donors (Lipinski definition) is 0. The zero-order valence-electron chi connectivity index (χ0n) is 14.9. The van der Waals surface area contributed by atoms with E-state index in [2.05, 4.69) is 11.1 Å². The summed E-state index contributed by atoms with van der Waals surface area (Å²) in [6.45, 7) is 6.42. The van der Waals surface area contributed by atoms with Crippen LogP contribution in [0.15, 0.2) is 24.5 Å². The first kappa shape index (κ1) is 17.4. The lowest BCUT2D eigenvalue weighted by molar-refractivity contribution is -0.174. The van der Waals surface area contributed by atoms with Gasteiger partial charge in [0.05, 0.1) is 17.9 Å². The number of amides is 1. The summed E-state index contributed by atoms with van der Waals surface area (Å²) in [5.41, 5.74) is -1.49. The zero-order chi connectivity index (χ0) is 18.3. The van der Waals surface area contributed by atoms with Crippen LogP contribution in [0.3, 0.4) is 0 Å². The highest BCUT2D eigenvalue weighted by Crippen LogP contribution is 2.66.